The van der Waals surface area contributed by atoms with Gasteiger partial charge in [0.2, 0.25) is 0 Å². The number of hydrogen-bond donors (Lipinski definition) is 1. The van der Waals surface area contributed by atoms with Crippen LogP contribution in [0.1, 0.15) is 18.1 Å². The number of halogens is 2. The summed E-state index contributed by atoms with van der Waals surface area (Å²) in [5, 5.41) is 14.4. The van der Waals surface area contributed by atoms with Gasteiger partial charge in [-0.3, -0.25) is 4.79 Å². The lowest BCUT2D eigenvalue weighted by atomic mass is 10.1. The van der Waals surface area contributed by atoms with Gasteiger partial charge in [-0.05, 0) is 59.2 Å². The van der Waals surface area contributed by atoms with Gasteiger partial charge in [-0.1, -0.05) is 66.2 Å². The molecule has 0 heterocycles. The van der Waals surface area contributed by atoms with E-state index in [1.165, 1.54) is 24.3 Å². The predicted octanol–water partition coefficient (Wildman–Crippen LogP) is 7.16. The monoisotopic (exact) mass is 500 g/mol. The summed E-state index contributed by atoms with van der Waals surface area (Å²) >= 11 is 6.54. The number of carbonyl (C=O) groups excluding carboxylic acids is 1. The van der Waals surface area contributed by atoms with Crippen molar-refractivity contribution in [3.05, 3.63) is 106 Å². The van der Waals surface area contributed by atoms with E-state index in [0.717, 1.165) is 16.3 Å². The van der Waals surface area contributed by atoms with Crippen molar-refractivity contribution in [3.8, 4) is 17.6 Å². The van der Waals surface area contributed by atoms with Gasteiger partial charge in [-0.25, -0.2) is 4.39 Å². The molecule has 0 aromatic heterocycles. The van der Waals surface area contributed by atoms with E-state index < -0.39 is 11.7 Å². The van der Waals surface area contributed by atoms with Crippen LogP contribution in [0.2, 0.25) is 5.02 Å². The molecule has 1 amide bonds. The Bertz CT molecular complexity index is 1490. The zero-order valence-corrected chi connectivity index (χ0v) is 20.2. The third kappa shape index (κ3) is 5.65. The molecule has 0 fully saturated rings. The zero-order valence-electron chi connectivity index (χ0n) is 19.4. The molecule has 1 N–H and O–H groups in total. The van der Waals surface area contributed by atoms with Crippen molar-refractivity contribution in [2.45, 2.75) is 13.5 Å². The van der Waals surface area contributed by atoms with Crippen LogP contribution in [0.15, 0.2) is 84.4 Å². The number of nitriles is 1. The number of rotatable bonds is 8. The average molecular weight is 501 g/mol. The lowest BCUT2D eigenvalue weighted by molar-refractivity contribution is -0.112. The van der Waals surface area contributed by atoms with Crippen molar-refractivity contribution in [3.63, 3.8) is 0 Å². The van der Waals surface area contributed by atoms with Crippen LogP contribution >= 0.6 is 11.6 Å². The van der Waals surface area contributed by atoms with Crippen LogP contribution in [0.4, 0.5) is 10.1 Å². The average Bonchev–Trinajstić information content (AvgIpc) is 2.88. The Hall–Kier alpha value is -4.34. The SMILES string of the molecule is CCOc1cc(C=C(C#N)C(=O)Nc2ccccc2F)cc(Cl)c1OCc1cccc2ccccc12. The van der Waals surface area contributed by atoms with E-state index in [9.17, 15) is 14.4 Å². The smallest absolute Gasteiger partial charge is 0.266 e. The molecule has 0 aliphatic carbocycles. The Kier molecular flexibility index (Phi) is 7.84. The van der Waals surface area contributed by atoms with Gasteiger partial charge in [0.05, 0.1) is 17.3 Å². The van der Waals surface area contributed by atoms with Crippen molar-refractivity contribution < 1.29 is 18.7 Å². The molecule has 0 spiro atoms. The summed E-state index contributed by atoms with van der Waals surface area (Å²) in [6, 6.07) is 24.8. The maximum absolute atomic E-state index is 13.9. The molecular formula is C29H22ClFN2O3. The number of anilines is 1. The van der Waals surface area contributed by atoms with E-state index in [0.29, 0.717) is 23.7 Å². The summed E-state index contributed by atoms with van der Waals surface area (Å²) in [5.74, 6) is -0.605. The zero-order chi connectivity index (χ0) is 25.5. The molecule has 0 saturated heterocycles. The van der Waals surface area contributed by atoms with E-state index in [1.54, 1.807) is 18.2 Å². The van der Waals surface area contributed by atoms with Gasteiger partial charge in [-0.2, -0.15) is 5.26 Å². The van der Waals surface area contributed by atoms with Gasteiger partial charge in [0, 0.05) is 0 Å². The third-order valence-corrected chi connectivity index (χ3v) is 5.66. The van der Waals surface area contributed by atoms with Gasteiger partial charge >= 0.3 is 0 Å². The predicted molar refractivity (Wildman–Crippen MR) is 140 cm³/mol. The Balaban J connectivity index is 1.60. The molecule has 0 radical (unpaired) electrons. The molecule has 0 bridgehead atoms. The lowest BCUT2D eigenvalue weighted by Crippen LogP contribution is -2.14. The molecular weight excluding hydrogens is 479 g/mol. The van der Waals surface area contributed by atoms with Crippen LogP contribution in [0, 0.1) is 17.1 Å². The van der Waals surface area contributed by atoms with Gasteiger partial charge < -0.3 is 14.8 Å². The minimum Gasteiger partial charge on any atom is -0.490 e. The fourth-order valence-electron chi connectivity index (χ4n) is 3.71. The molecule has 4 aromatic rings. The van der Waals surface area contributed by atoms with E-state index in [-0.39, 0.29) is 22.9 Å². The quantitative estimate of drug-likeness (QED) is 0.206. The first-order valence-electron chi connectivity index (χ1n) is 11.2. The molecule has 0 aliphatic heterocycles. The fourth-order valence-corrected chi connectivity index (χ4v) is 3.98. The van der Waals surface area contributed by atoms with Crippen LogP contribution in [0.3, 0.4) is 0 Å². The number of hydrogen-bond acceptors (Lipinski definition) is 4. The highest BCUT2D eigenvalue weighted by Gasteiger charge is 2.16. The van der Waals surface area contributed by atoms with Crippen LogP contribution in [-0.2, 0) is 11.4 Å². The number of fused-ring (bicyclic) bond motifs is 1. The molecule has 4 aromatic carbocycles. The summed E-state index contributed by atoms with van der Waals surface area (Å²) in [6.07, 6.45) is 1.36. The van der Waals surface area contributed by atoms with E-state index in [1.807, 2.05) is 55.5 Å². The number of ether oxygens (including phenoxy) is 2. The maximum atomic E-state index is 13.9. The number of nitrogens with one attached hydrogen (secondary N) is 1. The van der Waals surface area contributed by atoms with E-state index >= 15 is 0 Å². The fraction of sp³-hybridized carbons (Fsp3) is 0.103. The van der Waals surface area contributed by atoms with Crippen molar-refractivity contribution in [2.75, 3.05) is 11.9 Å². The molecule has 36 heavy (non-hydrogen) atoms. The minimum absolute atomic E-state index is 0.0196. The molecule has 0 saturated carbocycles. The lowest BCUT2D eigenvalue weighted by Gasteiger charge is -2.15. The molecule has 4 rings (SSSR count). The summed E-state index contributed by atoms with van der Waals surface area (Å²) in [5.41, 5.74) is 1.21. The largest absolute Gasteiger partial charge is 0.490 e. The van der Waals surface area contributed by atoms with Crippen LogP contribution in [0.5, 0.6) is 11.5 Å². The van der Waals surface area contributed by atoms with Crippen LogP contribution in [0.25, 0.3) is 16.8 Å². The molecule has 180 valence electrons. The first kappa shape index (κ1) is 24.8. The highest BCUT2D eigenvalue weighted by atomic mass is 35.5. The Labute approximate surface area is 213 Å². The molecule has 0 unspecified atom stereocenters. The van der Waals surface area contributed by atoms with E-state index in [4.69, 9.17) is 21.1 Å². The number of benzene rings is 4. The minimum atomic E-state index is -0.743. The van der Waals surface area contributed by atoms with Crippen LogP contribution in [-0.4, -0.2) is 12.5 Å². The van der Waals surface area contributed by atoms with Gasteiger partial charge in [-0.15, -0.1) is 0 Å². The first-order valence-corrected chi connectivity index (χ1v) is 11.6. The number of para-hydroxylation sites is 1. The summed E-state index contributed by atoms with van der Waals surface area (Å²) in [6.45, 7) is 2.45. The van der Waals surface area contributed by atoms with Gasteiger partial charge in [0.15, 0.2) is 11.5 Å². The van der Waals surface area contributed by atoms with Crippen LogP contribution < -0.4 is 14.8 Å². The summed E-state index contributed by atoms with van der Waals surface area (Å²) in [7, 11) is 0. The molecule has 7 heteroatoms. The standard InChI is InChI=1S/C29H22ClFN2O3/c1-2-35-27-16-19(14-22(17-32)29(34)33-26-13-6-5-12-25(26)31)15-24(30)28(27)36-18-21-10-7-9-20-8-3-4-11-23(20)21/h3-16H,2,18H2,1H3,(H,33,34). The third-order valence-electron chi connectivity index (χ3n) is 5.38. The number of carbonyl (C=O) groups is 1. The van der Waals surface area contributed by atoms with Crippen molar-refractivity contribution in [2.24, 2.45) is 0 Å². The Morgan fingerprint density at radius 3 is 2.58 bits per heavy atom. The summed E-state index contributed by atoms with van der Waals surface area (Å²) < 4.78 is 25.7. The number of nitrogens with zero attached hydrogens (tertiary/aromatic N) is 1. The second-order valence-electron chi connectivity index (χ2n) is 7.79. The second-order valence-corrected chi connectivity index (χ2v) is 8.20. The Morgan fingerprint density at radius 2 is 1.81 bits per heavy atom. The first-order chi connectivity index (χ1) is 17.5. The van der Waals surface area contributed by atoms with Crippen molar-refractivity contribution >= 4 is 40.0 Å². The normalized spacial score (nSPS) is 11.1. The molecule has 0 atom stereocenters. The molecule has 5 nitrogen and oxygen atoms in total. The van der Waals surface area contributed by atoms with Crippen molar-refractivity contribution in [1.82, 2.24) is 0 Å². The highest BCUT2D eigenvalue weighted by molar-refractivity contribution is 6.32. The van der Waals surface area contributed by atoms with Gasteiger partial charge in [0.1, 0.15) is 24.1 Å². The second kappa shape index (κ2) is 11.4. The highest BCUT2D eigenvalue weighted by Crippen LogP contribution is 2.38. The molecule has 0 aliphatic rings. The van der Waals surface area contributed by atoms with E-state index in [2.05, 4.69) is 5.32 Å². The van der Waals surface area contributed by atoms with Gasteiger partial charge in [0.25, 0.3) is 5.91 Å². The summed E-state index contributed by atoms with van der Waals surface area (Å²) in [4.78, 5) is 12.6. The maximum Gasteiger partial charge on any atom is 0.266 e. The topological polar surface area (TPSA) is 71.3 Å². The number of amides is 1. The van der Waals surface area contributed by atoms with Crippen molar-refractivity contribution in [1.29, 1.82) is 5.26 Å². The Morgan fingerprint density at radius 1 is 1.06 bits per heavy atom.